The van der Waals surface area contributed by atoms with Gasteiger partial charge in [-0.3, -0.25) is 0 Å². The maximum atomic E-state index is 11.2. The molecule has 5 fully saturated rings. The van der Waals surface area contributed by atoms with Crippen molar-refractivity contribution in [3.05, 3.63) is 0 Å². The largest absolute Gasteiger partial charge is 0.389 e. The normalized spacial score (nSPS) is 48.7. The maximum Gasteiger partial charge on any atom is 0.157 e. The summed E-state index contributed by atoms with van der Waals surface area (Å²) >= 11 is 0. The molecule has 5 rings (SSSR count). The zero-order valence-electron chi connectivity index (χ0n) is 13.1. The molecule has 3 heteroatoms. The number of ether oxygens (including phenoxy) is 2. The van der Waals surface area contributed by atoms with Gasteiger partial charge < -0.3 is 14.6 Å². The fourth-order valence-electron chi connectivity index (χ4n) is 5.82. The van der Waals surface area contributed by atoms with Gasteiger partial charge in [0.05, 0.1) is 5.60 Å². The van der Waals surface area contributed by atoms with Crippen molar-refractivity contribution in [3.8, 4) is 0 Å². The summed E-state index contributed by atoms with van der Waals surface area (Å²) in [6.45, 7) is 1.60. The van der Waals surface area contributed by atoms with Crippen LogP contribution < -0.4 is 0 Å². The SMILES string of the molecule is OC1(CCCO[C@@H]2CCCCO2)C2CC3CC(C2)CC1C3. The van der Waals surface area contributed by atoms with Gasteiger partial charge >= 0.3 is 0 Å². The molecule has 3 nitrogen and oxygen atoms in total. The molecule has 0 amide bonds. The van der Waals surface area contributed by atoms with Crippen LogP contribution in [0.25, 0.3) is 0 Å². The summed E-state index contributed by atoms with van der Waals surface area (Å²) in [5, 5.41) is 11.2. The smallest absolute Gasteiger partial charge is 0.157 e. The third kappa shape index (κ3) is 2.77. The van der Waals surface area contributed by atoms with E-state index in [0.717, 1.165) is 44.3 Å². The first-order valence-corrected chi connectivity index (χ1v) is 9.19. The van der Waals surface area contributed by atoms with E-state index in [1.807, 2.05) is 0 Å². The molecule has 0 aromatic heterocycles. The summed E-state index contributed by atoms with van der Waals surface area (Å²) in [7, 11) is 0. The minimum Gasteiger partial charge on any atom is -0.389 e. The Morgan fingerprint density at radius 1 is 1.00 bits per heavy atom. The van der Waals surface area contributed by atoms with Crippen LogP contribution in [0.3, 0.4) is 0 Å². The van der Waals surface area contributed by atoms with Gasteiger partial charge in [-0.25, -0.2) is 0 Å². The molecule has 1 N–H and O–H groups in total. The Balaban J connectivity index is 1.26. The first-order valence-electron chi connectivity index (χ1n) is 9.19. The molecule has 120 valence electrons. The highest BCUT2D eigenvalue weighted by atomic mass is 16.7. The summed E-state index contributed by atoms with van der Waals surface area (Å²) < 4.78 is 11.4. The van der Waals surface area contributed by atoms with Gasteiger partial charge in [-0.2, -0.15) is 0 Å². The lowest BCUT2D eigenvalue weighted by Gasteiger charge is -2.59. The standard InChI is InChI=1S/C18H30O3/c19-18(5-3-7-21-17-4-1-2-6-20-17)15-9-13-8-14(11-15)12-16(18)10-13/h13-17,19H,1-12H2/t13?,14?,15?,16?,17-,18?/m1/s1. The first kappa shape index (κ1) is 14.5. The predicted molar refractivity (Wildman–Crippen MR) is 80.8 cm³/mol. The third-order valence-corrected chi connectivity index (χ3v) is 6.72. The van der Waals surface area contributed by atoms with Gasteiger partial charge in [-0.15, -0.1) is 0 Å². The molecular weight excluding hydrogens is 264 g/mol. The van der Waals surface area contributed by atoms with E-state index in [4.69, 9.17) is 9.47 Å². The van der Waals surface area contributed by atoms with Crippen molar-refractivity contribution in [1.29, 1.82) is 0 Å². The van der Waals surface area contributed by atoms with E-state index < -0.39 is 0 Å². The van der Waals surface area contributed by atoms with Crippen molar-refractivity contribution in [3.63, 3.8) is 0 Å². The zero-order valence-corrected chi connectivity index (χ0v) is 13.1. The lowest BCUT2D eigenvalue weighted by Crippen LogP contribution is -2.57. The van der Waals surface area contributed by atoms with Gasteiger partial charge in [0, 0.05) is 13.2 Å². The van der Waals surface area contributed by atoms with Gasteiger partial charge in [0.15, 0.2) is 6.29 Å². The Labute approximate surface area is 128 Å². The van der Waals surface area contributed by atoms with Gasteiger partial charge in [-0.05, 0) is 87.9 Å². The van der Waals surface area contributed by atoms with Crippen LogP contribution in [0.5, 0.6) is 0 Å². The van der Waals surface area contributed by atoms with Crippen molar-refractivity contribution in [2.24, 2.45) is 23.7 Å². The van der Waals surface area contributed by atoms with Crippen LogP contribution in [-0.4, -0.2) is 30.2 Å². The first-order chi connectivity index (χ1) is 10.2. The van der Waals surface area contributed by atoms with E-state index in [9.17, 15) is 5.11 Å². The van der Waals surface area contributed by atoms with E-state index in [1.165, 1.54) is 44.9 Å². The van der Waals surface area contributed by atoms with Crippen molar-refractivity contribution in [2.75, 3.05) is 13.2 Å². The summed E-state index contributed by atoms with van der Waals surface area (Å²) in [6.07, 6.45) is 12.0. The number of hydrogen-bond donors (Lipinski definition) is 1. The zero-order chi connectivity index (χ0) is 14.3. The molecule has 0 aromatic rings. The number of aliphatic hydroxyl groups is 1. The van der Waals surface area contributed by atoms with Crippen molar-refractivity contribution in [1.82, 2.24) is 0 Å². The van der Waals surface area contributed by atoms with Crippen LogP contribution in [0.1, 0.15) is 64.2 Å². The second-order valence-corrected chi connectivity index (χ2v) is 8.07. The third-order valence-electron chi connectivity index (χ3n) is 6.72. The molecule has 4 bridgehead atoms. The van der Waals surface area contributed by atoms with Crippen LogP contribution in [0.2, 0.25) is 0 Å². The molecule has 5 aliphatic rings. The van der Waals surface area contributed by atoms with Crippen molar-refractivity contribution < 1.29 is 14.6 Å². The molecule has 0 spiro atoms. The maximum absolute atomic E-state index is 11.2. The fraction of sp³-hybridized carbons (Fsp3) is 1.00. The summed E-state index contributed by atoms with van der Waals surface area (Å²) in [6, 6.07) is 0. The lowest BCUT2D eigenvalue weighted by molar-refractivity contribution is -0.186. The monoisotopic (exact) mass is 294 g/mol. The molecular formula is C18H30O3. The van der Waals surface area contributed by atoms with Gasteiger partial charge in [0.1, 0.15) is 0 Å². The van der Waals surface area contributed by atoms with Crippen molar-refractivity contribution in [2.45, 2.75) is 76.1 Å². The average molecular weight is 294 g/mol. The molecule has 4 saturated carbocycles. The molecule has 4 aliphatic carbocycles. The predicted octanol–water partition coefficient (Wildman–Crippen LogP) is 3.50. The molecule has 1 heterocycles. The summed E-state index contributed by atoms with van der Waals surface area (Å²) in [4.78, 5) is 0. The summed E-state index contributed by atoms with van der Waals surface area (Å²) in [5.74, 6) is 3.03. The van der Waals surface area contributed by atoms with Crippen LogP contribution in [0, 0.1) is 23.7 Å². The molecule has 1 aliphatic heterocycles. The minimum absolute atomic E-state index is 0.0203. The number of hydrogen-bond acceptors (Lipinski definition) is 3. The van der Waals surface area contributed by atoms with Gasteiger partial charge in [0.25, 0.3) is 0 Å². The Morgan fingerprint density at radius 3 is 2.33 bits per heavy atom. The second-order valence-electron chi connectivity index (χ2n) is 8.07. The molecule has 21 heavy (non-hydrogen) atoms. The Hall–Kier alpha value is -0.120. The van der Waals surface area contributed by atoms with Crippen LogP contribution in [-0.2, 0) is 9.47 Å². The molecule has 1 saturated heterocycles. The summed E-state index contributed by atoms with van der Waals surface area (Å²) in [5.41, 5.74) is -0.371. The van der Waals surface area contributed by atoms with E-state index in [0.29, 0.717) is 11.8 Å². The molecule has 0 radical (unpaired) electrons. The van der Waals surface area contributed by atoms with Crippen LogP contribution in [0.15, 0.2) is 0 Å². The van der Waals surface area contributed by atoms with E-state index >= 15 is 0 Å². The fourth-order valence-corrected chi connectivity index (χ4v) is 5.82. The molecule has 1 atom stereocenters. The van der Waals surface area contributed by atoms with Crippen molar-refractivity contribution >= 4 is 0 Å². The van der Waals surface area contributed by atoms with E-state index in [-0.39, 0.29) is 11.9 Å². The quantitative estimate of drug-likeness (QED) is 0.789. The average Bonchev–Trinajstić information content (AvgIpc) is 2.50. The Bertz CT molecular complexity index is 333. The second kappa shape index (κ2) is 5.82. The highest BCUT2D eigenvalue weighted by Crippen LogP contribution is 2.59. The highest BCUT2D eigenvalue weighted by Gasteiger charge is 2.55. The van der Waals surface area contributed by atoms with E-state index in [2.05, 4.69) is 0 Å². The van der Waals surface area contributed by atoms with Crippen LogP contribution in [0.4, 0.5) is 0 Å². The minimum atomic E-state index is -0.371. The van der Waals surface area contributed by atoms with Gasteiger partial charge in [0.2, 0.25) is 0 Å². The van der Waals surface area contributed by atoms with Crippen LogP contribution >= 0.6 is 0 Å². The lowest BCUT2D eigenvalue weighted by atomic mass is 9.49. The Kier molecular flexibility index (Phi) is 4.01. The number of rotatable bonds is 5. The molecule has 0 unspecified atom stereocenters. The molecule has 0 aromatic carbocycles. The van der Waals surface area contributed by atoms with E-state index in [1.54, 1.807) is 0 Å². The highest BCUT2D eigenvalue weighted by molar-refractivity contribution is 5.06. The van der Waals surface area contributed by atoms with Gasteiger partial charge in [-0.1, -0.05) is 0 Å². The Morgan fingerprint density at radius 2 is 1.71 bits per heavy atom. The topological polar surface area (TPSA) is 38.7 Å².